The van der Waals surface area contributed by atoms with Gasteiger partial charge in [-0.1, -0.05) is 55.8 Å². The normalized spacial score (nSPS) is 16.6. The zero-order valence-corrected chi connectivity index (χ0v) is 24.1. The summed E-state index contributed by atoms with van der Waals surface area (Å²) in [6, 6.07) is 22.2. The molecular weight excluding hydrogens is 526 g/mol. The molecule has 216 valence electrons. The fraction of sp³-hybridized carbons (Fsp3) is 0.406. The first kappa shape index (κ1) is 31.6. The Morgan fingerprint density at radius 1 is 0.900 bits per heavy atom. The van der Waals surface area contributed by atoms with Crippen LogP contribution in [0.2, 0.25) is 0 Å². The quantitative estimate of drug-likeness (QED) is 0.397. The number of nitrogens with zero attached hydrogens (tertiary/aromatic N) is 1. The topological polar surface area (TPSA) is 111 Å². The molecule has 4 N–H and O–H groups in total. The molecule has 0 aromatic heterocycles. The van der Waals surface area contributed by atoms with Crippen molar-refractivity contribution >= 4 is 18.4 Å². The molecule has 1 saturated carbocycles. The summed E-state index contributed by atoms with van der Waals surface area (Å²) in [6.07, 6.45) is 4.87. The van der Waals surface area contributed by atoms with Crippen LogP contribution in [0.3, 0.4) is 0 Å². The van der Waals surface area contributed by atoms with E-state index in [1.54, 1.807) is 0 Å². The highest BCUT2D eigenvalue weighted by Gasteiger charge is 2.50. The number of hydrogen-bond acceptors (Lipinski definition) is 6. The number of hydrogen-bond donors (Lipinski definition) is 1. The number of rotatable bonds is 8. The average Bonchev–Trinajstić information content (AvgIpc) is 3.64. The molecule has 3 aromatic rings. The number of unbranched alkanes of at least 4 members (excludes halogenated alkanes) is 1. The van der Waals surface area contributed by atoms with Gasteiger partial charge in [0.15, 0.2) is 11.5 Å². The summed E-state index contributed by atoms with van der Waals surface area (Å²) >= 11 is 4.35. The molecule has 6 rings (SSSR count). The molecular formula is C32H41NO6S. The van der Waals surface area contributed by atoms with Crippen LogP contribution < -0.4 is 9.47 Å². The van der Waals surface area contributed by atoms with Gasteiger partial charge in [-0.2, -0.15) is 0 Å². The van der Waals surface area contributed by atoms with Gasteiger partial charge in [0.2, 0.25) is 6.79 Å². The summed E-state index contributed by atoms with van der Waals surface area (Å²) in [5.74, 6) is 1.77. The maximum Gasteiger partial charge on any atom is 0.231 e. The molecule has 3 aliphatic rings. The molecule has 1 saturated heterocycles. The summed E-state index contributed by atoms with van der Waals surface area (Å²) in [4.78, 5) is 16.6. The zero-order chi connectivity index (χ0) is 26.4. The first-order valence-electron chi connectivity index (χ1n) is 13.7. The lowest BCUT2D eigenvalue weighted by atomic mass is 9.87. The third-order valence-corrected chi connectivity index (χ3v) is 7.93. The van der Waals surface area contributed by atoms with E-state index in [2.05, 4.69) is 48.7 Å². The smallest absolute Gasteiger partial charge is 0.231 e. The van der Waals surface area contributed by atoms with Crippen molar-refractivity contribution < 1.29 is 30.0 Å². The highest BCUT2D eigenvalue weighted by Crippen LogP contribution is 2.51. The molecule has 2 fully saturated rings. The van der Waals surface area contributed by atoms with Gasteiger partial charge in [-0.05, 0) is 72.3 Å². The van der Waals surface area contributed by atoms with Crippen LogP contribution in [-0.2, 0) is 21.4 Å². The van der Waals surface area contributed by atoms with Gasteiger partial charge < -0.3 is 25.2 Å². The number of fused-ring (bicyclic) bond motifs is 1. The highest BCUT2D eigenvalue weighted by molar-refractivity contribution is 7.80. The third-order valence-electron chi connectivity index (χ3n) is 7.63. The van der Waals surface area contributed by atoms with Gasteiger partial charge in [-0.25, -0.2) is 0 Å². The Labute approximate surface area is 242 Å². The molecule has 1 aliphatic carbocycles. The van der Waals surface area contributed by atoms with Crippen LogP contribution in [0.25, 0.3) is 11.1 Å². The predicted octanol–water partition coefficient (Wildman–Crippen LogP) is 4.68. The second kappa shape index (κ2) is 14.7. The largest absolute Gasteiger partial charge is 0.454 e. The molecule has 8 heteroatoms. The minimum atomic E-state index is -0.370. The Balaban J connectivity index is 0.000000315. The van der Waals surface area contributed by atoms with Gasteiger partial charge in [0.25, 0.3) is 0 Å². The van der Waals surface area contributed by atoms with E-state index in [-0.39, 0.29) is 28.9 Å². The van der Waals surface area contributed by atoms with E-state index in [1.807, 2.05) is 42.5 Å². The van der Waals surface area contributed by atoms with Gasteiger partial charge in [0, 0.05) is 24.4 Å². The molecule has 0 amide bonds. The monoisotopic (exact) mass is 567 g/mol. The lowest BCUT2D eigenvalue weighted by molar-refractivity contribution is -0.120. The molecule has 0 radical (unpaired) electrons. The van der Waals surface area contributed by atoms with E-state index in [4.69, 9.17) is 14.2 Å². The number of benzene rings is 3. The van der Waals surface area contributed by atoms with Crippen LogP contribution in [0.5, 0.6) is 11.5 Å². The Bertz CT molecular complexity index is 1240. The number of ketones is 1. The number of ether oxygens (including phenoxy) is 3. The van der Waals surface area contributed by atoms with E-state index in [0.717, 1.165) is 77.8 Å². The molecule has 0 bridgehead atoms. The van der Waals surface area contributed by atoms with Gasteiger partial charge in [-0.3, -0.25) is 9.69 Å². The van der Waals surface area contributed by atoms with Crippen molar-refractivity contribution in [2.45, 2.75) is 49.3 Å². The molecule has 0 unspecified atom stereocenters. The van der Waals surface area contributed by atoms with Crippen molar-refractivity contribution in [3.63, 3.8) is 0 Å². The standard InChI is InChI=1S/C24H20O3S.C8H17NO.2H2O/c25-23(24(10-11-24)19-6-9-21-22(14-19)27-15-26-21)13-16-2-1-3-18(12-16)17-4-7-20(28)8-5-17;1-2-3-4-9-5-7-10-8-6-9;;/h1-9,12,14,28H,10-11,13,15H2;2-8H2,1H3;2*1H2. The number of Topliss-reactive ketones (excluding diaryl/α,β-unsaturated/α-hetero) is 1. The molecule has 2 aliphatic heterocycles. The van der Waals surface area contributed by atoms with E-state index < -0.39 is 0 Å². The number of carbonyl (C=O) groups is 1. The molecule has 40 heavy (non-hydrogen) atoms. The maximum atomic E-state index is 13.2. The van der Waals surface area contributed by atoms with E-state index in [9.17, 15) is 4.79 Å². The Morgan fingerprint density at radius 2 is 1.62 bits per heavy atom. The first-order chi connectivity index (χ1) is 18.6. The number of carbonyl (C=O) groups excluding carboxylic acids is 1. The molecule has 0 atom stereocenters. The molecule has 7 nitrogen and oxygen atoms in total. The zero-order valence-electron chi connectivity index (χ0n) is 23.2. The minimum absolute atomic E-state index is 0. The van der Waals surface area contributed by atoms with Crippen LogP contribution in [0.4, 0.5) is 0 Å². The first-order valence-corrected chi connectivity index (χ1v) is 14.1. The lowest BCUT2D eigenvalue weighted by Gasteiger charge is -2.26. The van der Waals surface area contributed by atoms with Crippen LogP contribution in [-0.4, -0.2) is 61.3 Å². The van der Waals surface area contributed by atoms with Crippen molar-refractivity contribution in [3.8, 4) is 22.6 Å². The second-order valence-electron chi connectivity index (χ2n) is 10.3. The molecule has 0 spiro atoms. The van der Waals surface area contributed by atoms with E-state index in [1.165, 1.54) is 19.4 Å². The average molecular weight is 568 g/mol. The summed E-state index contributed by atoms with van der Waals surface area (Å²) in [5, 5.41) is 0. The number of morpholine rings is 1. The minimum Gasteiger partial charge on any atom is -0.454 e. The van der Waals surface area contributed by atoms with Crippen molar-refractivity contribution in [1.82, 2.24) is 4.90 Å². The second-order valence-corrected chi connectivity index (χ2v) is 10.8. The molecule has 3 aromatic carbocycles. The van der Waals surface area contributed by atoms with E-state index >= 15 is 0 Å². The Morgan fingerprint density at radius 3 is 2.33 bits per heavy atom. The summed E-state index contributed by atoms with van der Waals surface area (Å²) in [7, 11) is 0. The van der Waals surface area contributed by atoms with Crippen LogP contribution in [0.15, 0.2) is 71.6 Å². The van der Waals surface area contributed by atoms with Crippen LogP contribution >= 0.6 is 12.6 Å². The van der Waals surface area contributed by atoms with Crippen LogP contribution in [0.1, 0.15) is 43.7 Å². The Hall–Kier alpha value is -2.88. The SMILES string of the molecule is CCCCN1CCOCC1.O.O.O=C(Cc1cccc(-c2ccc(S)cc2)c1)C1(c2ccc3c(c2)OCO3)CC1. The fourth-order valence-electron chi connectivity index (χ4n) is 5.12. The third kappa shape index (κ3) is 7.65. The van der Waals surface area contributed by atoms with Gasteiger partial charge >= 0.3 is 0 Å². The fourth-order valence-corrected chi connectivity index (χ4v) is 5.27. The number of thiol groups is 1. The molecule has 2 heterocycles. The Kier molecular flexibility index (Phi) is 11.6. The van der Waals surface area contributed by atoms with Crippen molar-refractivity contribution in [2.24, 2.45) is 0 Å². The highest BCUT2D eigenvalue weighted by atomic mass is 32.1. The van der Waals surface area contributed by atoms with E-state index in [0.29, 0.717) is 6.42 Å². The summed E-state index contributed by atoms with van der Waals surface area (Å²) < 4.78 is 16.1. The maximum absolute atomic E-state index is 13.2. The summed E-state index contributed by atoms with van der Waals surface area (Å²) in [5.41, 5.74) is 3.97. The van der Waals surface area contributed by atoms with Crippen molar-refractivity contribution in [1.29, 1.82) is 0 Å². The predicted molar refractivity (Wildman–Crippen MR) is 161 cm³/mol. The summed E-state index contributed by atoms with van der Waals surface area (Å²) in [6.45, 7) is 7.90. The van der Waals surface area contributed by atoms with Crippen molar-refractivity contribution in [3.05, 3.63) is 77.9 Å². The van der Waals surface area contributed by atoms with Crippen LogP contribution in [0, 0.1) is 0 Å². The van der Waals surface area contributed by atoms with Gasteiger partial charge in [0.05, 0.1) is 18.6 Å². The lowest BCUT2D eigenvalue weighted by Crippen LogP contribution is -2.36. The van der Waals surface area contributed by atoms with Gasteiger partial charge in [0.1, 0.15) is 5.78 Å². The van der Waals surface area contributed by atoms with Gasteiger partial charge in [-0.15, -0.1) is 12.6 Å². The van der Waals surface area contributed by atoms with Crippen molar-refractivity contribution in [2.75, 3.05) is 39.6 Å².